The fourth-order valence-electron chi connectivity index (χ4n) is 2.25. The van der Waals surface area contributed by atoms with Gasteiger partial charge in [0.15, 0.2) is 9.84 Å². The van der Waals surface area contributed by atoms with Gasteiger partial charge in [-0.15, -0.1) is 0 Å². The maximum absolute atomic E-state index is 11.8. The molecule has 1 fully saturated rings. The Morgan fingerprint density at radius 2 is 2.20 bits per heavy atom. The highest BCUT2D eigenvalue weighted by atomic mass is 35.5. The molecule has 7 heteroatoms. The van der Waals surface area contributed by atoms with Crippen molar-refractivity contribution in [1.82, 2.24) is 10.6 Å². The minimum Gasteiger partial charge on any atom is -0.355 e. The van der Waals surface area contributed by atoms with E-state index in [2.05, 4.69) is 10.6 Å². The molecule has 0 saturated carbocycles. The fourth-order valence-corrected chi connectivity index (χ4v) is 3.50. The lowest BCUT2D eigenvalue weighted by atomic mass is 10.1. The van der Waals surface area contributed by atoms with Gasteiger partial charge in [0.25, 0.3) is 0 Å². The zero-order valence-corrected chi connectivity index (χ0v) is 12.7. The first-order chi connectivity index (χ1) is 9.39. The van der Waals surface area contributed by atoms with Gasteiger partial charge in [0.2, 0.25) is 5.91 Å². The van der Waals surface area contributed by atoms with Crippen LogP contribution in [-0.4, -0.2) is 33.2 Å². The van der Waals surface area contributed by atoms with Crippen LogP contribution in [0.3, 0.4) is 0 Å². The summed E-state index contributed by atoms with van der Waals surface area (Å²) in [6, 6.07) is 4.48. The zero-order valence-electron chi connectivity index (χ0n) is 11.1. The molecule has 20 heavy (non-hydrogen) atoms. The lowest BCUT2D eigenvalue weighted by molar-refractivity contribution is -0.124. The number of rotatable bonds is 4. The van der Waals surface area contributed by atoms with E-state index in [9.17, 15) is 13.2 Å². The zero-order chi connectivity index (χ0) is 14.8. The highest BCUT2D eigenvalue weighted by molar-refractivity contribution is 7.90. The van der Waals surface area contributed by atoms with Crippen molar-refractivity contribution in [2.45, 2.75) is 30.3 Å². The second kappa shape index (κ2) is 6.11. The number of benzene rings is 1. The van der Waals surface area contributed by atoms with E-state index in [1.54, 1.807) is 12.1 Å². The minimum atomic E-state index is -3.35. The third kappa shape index (κ3) is 3.50. The van der Waals surface area contributed by atoms with Gasteiger partial charge in [-0.1, -0.05) is 17.7 Å². The molecule has 5 nitrogen and oxygen atoms in total. The Labute approximate surface area is 123 Å². The van der Waals surface area contributed by atoms with Crippen molar-refractivity contribution in [3.8, 4) is 0 Å². The number of carbonyl (C=O) groups excluding carboxylic acids is 1. The third-order valence-electron chi connectivity index (χ3n) is 3.29. The predicted octanol–water partition coefficient (Wildman–Crippen LogP) is 1.11. The van der Waals surface area contributed by atoms with Crippen LogP contribution in [0.5, 0.6) is 0 Å². The van der Waals surface area contributed by atoms with E-state index in [0.29, 0.717) is 17.1 Å². The third-order valence-corrected chi connectivity index (χ3v) is 4.82. The number of amides is 1. The number of hydrogen-bond donors (Lipinski definition) is 2. The van der Waals surface area contributed by atoms with Crippen LogP contribution in [0, 0.1) is 0 Å². The Balaban J connectivity index is 2.19. The normalized spacial score (nSPS) is 19.7. The first-order valence-corrected chi connectivity index (χ1v) is 8.65. The molecule has 0 aliphatic carbocycles. The molecule has 1 saturated heterocycles. The van der Waals surface area contributed by atoms with Crippen molar-refractivity contribution >= 4 is 27.3 Å². The van der Waals surface area contributed by atoms with Gasteiger partial charge < -0.3 is 10.6 Å². The molecule has 1 atom stereocenters. The summed E-state index contributed by atoms with van der Waals surface area (Å²) in [5.41, 5.74) is 0.509. The molecule has 1 aliphatic rings. The fraction of sp³-hybridized carbons (Fsp3) is 0.462. The number of piperidine rings is 1. The van der Waals surface area contributed by atoms with Crippen LogP contribution in [0.2, 0.25) is 5.02 Å². The van der Waals surface area contributed by atoms with Gasteiger partial charge in [0.1, 0.15) is 0 Å². The monoisotopic (exact) mass is 316 g/mol. The van der Waals surface area contributed by atoms with Crippen LogP contribution in [-0.2, 0) is 21.2 Å². The summed E-state index contributed by atoms with van der Waals surface area (Å²) < 4.78 is 23.5. The molecule has 0 spiro atoms. The molecule has 0 bridgehead atoms. The second-order valence-electron chi connectivity index (χ2n) is 4.86. The largest absolute Gasteiger partial charge is 0.355 e. The van der Waals surface area contributed by atoms with E-state index in [4.69, 9.17) is 11.6 Å². The van der Waals surface area contributed by atoms with Gasteiger partial charge in [-0.25, -0.2) is 8.42 Å². The van der Waals surface area contributed by atoms with Crippen LogP contribution in [0.25, 0.3) is 0 Å². The standard InChI is InChI=1S/C13H17ClN2O3S/c1-20(18,19)12-6-2-4-10(14)9(12)8-16-11-5-3-7-15-13(11)17/h2,4,6,11,16H,3,5,7-8H2,1H3,(H,15,17). The molecule has 1 aliphatic heterocycles. The molecule has 0 radical (unpaired) electrons. The Hall–Kier alpha value is -1.11. The molecule has 1 heterocycles. The number of sulfone groups is 1. The highest BCUT2D eigenvalue weighted by Gasteiger charge is 2.23. The molecule has 1 amide bonds. The van der Waals surface area contributed by atoms with Gasteiger partial charge in [-0.3, -0.25) is 4.79 Å². The summed E-state index contributed by atoms with van der Waals surface area (Å²) in [5, 5.41) is 6.24. The summed E-state index contributed by atoms with van der Waals surface area (Å²) in [4.78, 5) is 11.9. The van der Waals surface area contributed by atoms with Crippen molar-refractivity contribution < 1.29 is 13.2 Å². The summed E-state index contributed by atoms with van der Waals surface area (Å²) in [7, 11) is -3.35. The Kier molecular flexibility index (Phi) is 4.67. The van der Waals surface area contributed by atoms with Crippen molar-refractivity contribution in [3.63, 3.8) is 0 Å². The van der Waals surface area contributed by atoms with Crippen molar-refractivity contribution in [2.75, 3.05) is 12.8 Å². The van der Waals surface area contributed by atoms with E-state index in [-0.39, 0.29) is 23.4 Å². The molecule has 0 aromatic heterocycles. The van der Waals surface area contributed by atoms with Crippen LogP contribution in [0.4, 0.5) is 0 Å². The Bertz CT molecular complexity index is 616. The van der Waals surface area contributed by atoms with Crippen LogP contribution < -0.4 is 10.6 Å². The molecular formula is C13H17ClN2O3S. The maximum atomic E-state index is 11.8. The van der Waals surface area contributed by atoms with Crippen molar-refractivity contribution in [1.29, 1.82) is 0 Å². The molecule has 1 unspecified atom stereocenters. The van der Waals surface area contributed by atoms with Gasteiger partial charge in [0.05, 0.1) is 10.9 Å². The molecular weight excluding hydrogens is 300 g/mol. The topological polar surface area (TPSA) is 75.3 Å². The Morgan fingerprint density at radius 1 is 1.45 bits per heavy atom. The van der Waals surface area contributed by atoms with Crippen molar-refractivity contribution in [2.24, 2.45) is 0 Å². The van der Waals surface area contributed by atoms with Crippen LogP contribution in [0.1, 0.15) is 18.4 Å². The quantitative estimate of drug-likeness (QED) is 0.872. The van der Waals surface area contributed by atoms with Crippen molar-refractivity contribution in [3.05, 3.63) is 28.8 Å². The van der Waals surface area contributed by atoms with E-state index in [0.717, 1.165) is 19.1 Å². The van der Waals surface area contributed by atoms with E-state index in [1.165, 1.54) is 6.07 Å². The lowest BCUT2D eigenvalue weighted by Gasteiger charge is -2.23. The van der Waals surface area contributed by atoms with Crippen LogP contribution in [0.15, 0.2) is 23.1 Å². The van der Waals surface area contributed by atoms with E-state index < -0.39 is 9.84 Å². The van der Waals surface area contributed by atoms with Crippen LogP contribution >= 0.6 is 11.6 Å². The van der Waals surface area contributed by atoms with Gasteiger partial charge in [-0.2, -0.15) is 0 Å². The number of carbonyl (C=O) groups is 1. The number of hydrogen-bond acceptors (Lipinski definition) is 4. The maximum Gasteiger partial charge on any atom is 0.237 e. The molecule has 110 valence electrons. The minimum absolute atomic E-state index is 0.0517. The van der Waals surface area contributed by atoms with Gasteiger partial charge in [0, 0.05) is 29.9 Å². The average Bonchev–Trinajstić information content (AvgIpc) is 2.37. The molecule has 2 rings (SSSR count). The molecule has 1 aromatic carbocycles. The predicted molar refractivity (Wildman–Crippen MR) is 77.4 cm³/mol. The van der Waals surface area contributed by atoms with Gasteiger partial charge >= 0.3 is 0 Å². The smallest absolute Gasteiger partial charge is 0.237 e. The molecule has 1 aromatic rings. The SMILES string of the molecule is CS(=O)(=O)c1cccc(Cl)c1CNC1CCCNC1=O. The number of nitrogens with one attached hydrogen (secondary N) is 2. The summed E-state index contributed by atoms with van der Waals surface area (Å²) in [5.74, 6) is -0.0517. The van der Waals surface area contributed by atoms with Gasteiger partial charge in [-0.05, 0) is 25.0 Å². The van der Waals surface area contributed by atoms with E-state index >= 15 is 0 Å². The number of halogens is 1. The molecule has 2 N–H and O–H groups in total. The summed E-state index contributed by atoms with van der Waals surface area (Å²) >= 11 is 6.08. The Morgan fingerprint density at radius 3 is 2.85 bits per heavy atom. The summed E-state index contributed by atoms with van der Waals surface area (Å²) in [6.45, 7) is 0.942. The summed E-state index contributed by atoms with van der Waals surface area (Å²) in [6.07, 6.45) is 2.80. The first kappa shape index (κ1) is 15.3. The first-order valence-electron chi connectivity index (χ1n) is 6.38. The van der Waals surface area contributed by atoms with E-state index in [1.807, 2.05) is 0 Å². The lowest BCUT2D eigenvalue weighted by Crippen LogP contribution is -2.48. The highest BCUT2D eigenvalue weighted by Crippen LogP contribution is 2.24. The second-order valence-corrected chi connectivity index (χ2v) is 7.25. The average molecular weight is 317 g/mol.